The topological polar surface area (TPSA) is 59.0 Å². The lowest BCUT2D eigenvalue weighted by Crippen LogP contribution is -2.01. The van der Waals surface area contributed by atoms with Crippen LogP contribution in [-0.2, 0) is 6.54 Å². The van der Waals surface area contributed by atoms with Crippen LogP contribution in [0.5, 0.6) is 5.75 Å². The van der Waals surface area contributed by atoms with E-state index in [1.165, 1.54) is 0 Å². The molecule has 3 nitrogen and oxygen atoms in total. The van der Waals surface area contributed by atoms with Gasteiger partial charge in [0.25, 0.3) is 0 Å². The number of ether oxygens (including phenoxy) is 1. The Morgan fingerprint density at radius 1 is 1.50 bits per heavy atom. The molecule has 1 aromatic rings. The molecule has 0 aliphatic heterocycles. The number of nitrogens with zero attached hydrogens (tertiary/aromatic N) is 1. The monoisotopic (exact) mass is 188 g/mol. The summed E-state index contributed by atoms with van der Waals surface area (Å²) >= 11 is 0. The van der Waals surface area contributed by atoms with Gasteiger partial charge in [-0.3, -0.25) is 0 Å². The van der Waals surface area contributed by atoms with Crippen LogP contribution < -0.4 is 10.5 Å². The average molecular weight is 188 g/mol. The van der Waals surface area contributed by atoms with Gasteiger partial charge < -0.3 is 10.5 Å². The quantitative estimate of drug-likeness (QED) is 0.783. The maximum atomic E-state index is 8.90. The summed E-state index contributed by atoms with van der Waals surface area (Å²) in [4.78, 5) is 0. The van der Waals surface area contributed by atoms with Crippen LogP contribution in [0.4, 0.5) is 0 Å². The van der Waals surface area contributed by atoms with E-state index in [0.717, 1.165) is 18.4 Å². The first kappa shape index (κ1) is 9.04. The standard InChI is InChI=1S/C11H12N2O/c12-6-8-1-4-11(9(5-8)7-13)14-10-2-3-10/h1,4-5,10H,2-3,6,12H2. The van der Waals surface area contributed by atoms with Crippen LogP contribution in [0, 0.1) is 11.3 Å². The van der Waals surface area contributed by atoms with Crippen molar-refractivity contribution in [2.24, 2.45) is 5.73 Å². The second kappa shape index (κ2) is 3.69. The normalized spacial score (nSPS) is 14.9. The Morgan fingerprint density at radius 2 is 2.29 bits per heavy atom. The second-order valence-corrected chi connectivity index (χ2v) is 3.46. The molecular formula is C11H12N2O. The molecule has 0 spiro atoms. The lowest BCUT2D eigenvalue weighted by Gasteiger charge is -2.07. The molecule has 0 bridgehead atoms. The van der Waals surface area contributed by atoms with E-state index < -0.39 is 0 Å². The molecule has 2 rings (SSSR count). The molecule has 0 unspecified atom stereocenters. The summed E-state index contributed by atoms with van der Waals surface area (Å²) in [5, 5.41) is 8.90. The van der Waals surface area contributed by atoms with E-state index in [2.05, 4.69) is 6.07 Å². The van der Waals surface area contributed by atoms with E-state index in [0.29, 0.717) is 24.0 Å². The van der Waals surface area contributed by atoms with E-state index in [1.54, 1.807) is 6.07 Å². The molecular weight excluding hydrogens is 176 g/mol. The van der Waals surface area contributed by atoms with Crippen molar-refractivity contribution in [1.29, 1.82) is 5.26 Å². The maximum Gasteiger partial charge on any atom is 0.137 e. The van der Waals surface area contributed by atoms with Gasteiger partial charge in [0.1, 0.15) is 11.8 Å². The summed E-state index contributed by atoms with van der Waals surface area (Å²) in [7, 11) is 0. The van der Waals surface area contributed by atoms with Crippen LogP contribution in [0.15, 0.2) is 18.2 Å². The van der Waals surface area contributed by atoms with Crippen LogP contribution in [-0.4, -0.2) is 6.10 Å². The summed E-state index contributed by atoms with van der Waals surface area (Å²) in [6, 6.07) is 7.65. The van der Waals surface area contributed by atoms with Gasteiger partial charge in [-0.1, -0.05) is 6.07 Å². The zero-order valence-corrected chi connectivity index (χ0v) is 7.86. The Hall–Kier alpha value is -1.53. The van der Waals surface area contributed by atoms with E-state index in [4.69, 9.17) is 15.7 Å². The predicted octanol–water partition coefficient (Wildman–Crippen LogP) is 1.56. The van der Waals surface area contributed by atoms with Gasteiger partial charge in [0.15, 0.2) is 0 Å². The fraction of sp³-hybridized carbons (Fsp3) is 0.364. The molecule has 14 heavy (non-hydrogen) atoms. The highest BCUT2D eigenvalue weighted by molar-refractivity contribution is 5.45. The van der Waals surface area contributed by atoms with Gasteiger partial charge in [-0.25, -0.2) is 0 Å². The lowest BCUT2D eigenvalue weighted by atomic mass is 10.1. The number of rotatable bonds is 3. The Balaban J connectivity index is 2.25. The molecule has 0 heterocycles. The third-order valence-electron chi connectivity index (χ3n) is 2.22. The van der Waals surface area contributed by atoms with Crippen molar-refractivity contribution in [3.63, 3.8) is 0 Å². The molecule has 1 aromatic carbocycles. The molecule has 1 saturated carbocycles. The fourth-order valence-electron chi connectivity index (χ4n) is 1.26. The third-order valence-corrected chi connectivity index (χ3v) is 2.22. The Kier molecular flexibility index (Phi) is 2.38. The zero-order chi connectivity index (χ0) is 9.97. The highest BCUT2D eigenvalue weighted by Crippen LogP contribution is 2.29. The minimum Gasteiger partial charge on any atom is -0.489 e. The predicted molar refractivity (Wildman–Crippen MR) is 52.7 cm³/mol. The highest BCUT2D eigenvalue weighted by atomic mass is 16.5. The van der Waals surface area contributed by atoms with Gasteiger partial charge in [0, 0.05) is 6.54 Å². The average Bonchev–Trinajstić information content (AvgIpc) is 3.02. The van der Waals surface area contributed by atoms with Crippen LogP contribution in [0.2, 0.25) is 0 Å². The molecule has 0 saturated heterocycles. The number of benzene rings is 1. The summed E-state index contributed by atoms with van der Waals surface area (Å²) in [5.74, 6) is 0.687. The molecule has 72 valence electrons. The van der Waals surface area contributed by atoms with Crippen molar-refractivity contribution in [2.75, 3.05) is 0 Å². The van der Waals surface area contributed by atoms with Crippen LogP contribution in [0.1, 0.15) is 24.0 Å². The number of hydrogen-bond donors (Lipinski definition) is 1. The largest absolute Gasteiger partial charge is 0.489 e. The first-order valence-corrected chi connectivity index (χ1v) is 4.73. The number of nitrogens with two attached hydrogens (primary N) is 1. The molecule has 1 fully saturated rings. The van der Waals surface area contributed by atoms with Crippen LogP contribution in [0.3, 0.4) is 0 Å². The van der Waals surface area contributed by atoms with E-state index >= 15 is 0 Å². The number of hydrogen-bond acceptors (Lipinski definition) is 3. The molecule has 1 aliphatic carbocycles. The van der Waals surface area contributed by atoms with E-state index in [1.807, 2.05) is 12.1 Å². The molecule has 0 atom stereocenters. The van der Waals surface area contributed by atoms with Crippen molar-refractivity contribution in [3.8, 4) is 11.8 Å². The maximum absolute atomic E-state index is 8.90. The minimum absolute atomic E-state index is 0.325. The van der Waals surface area contributed by atoms with E-state index in [9.17, 15) is 0 Å². The van der Waals surface area contributed by atoms with Gasteiger partial charge in [0.05, 0.1) is 11.7 Å². The minimum atomic E-state index is 0.325. The molecule has 0 amide bonds. The molecule has 2 N–H and O–H groups in total. The summed E-state index contributed by atoms with van der Waals surface area (Å²) < 4.78 is 5.58. The Bertz CT molecular complexity index is 377. The van der Waals surface area contributed by atoms with E-state index in [-0.39, 0.29) is 0 Å². The summed E-state index contributed by atoms with van der Waals surface area (Å²) in [6.07, 6.45) is 2.53. The van der Waals surface area contributed by atoms with Gasteiger partial charge in [-0.15, -0.1) is 0 Å². The van der Waals surface area contributed by atoms with Crippen molar-refractivity contribution < 1.29 is 4.74 Å². The molecule has 1 aliphatic rings. The molecule has 0 radical (unpaired) electrons. The second-order valence-electron chi connectivity index (χ2n) is 3.46. The zero-order valence-electron chi connectivity index (χ0n) is 7.86. The first-order valence-electron chi connectivity index (χ1n) is 4.73. The lowest BCUT2D eigenvalue weighted by molar-refractivity contribution is 0.302. The fourth-order valence-corrected chi connectivity index (χ4v) is 1.26. The molecule has 3 heteroatoms. The van der Waals surface area contributed by atoms with Crippen LogP contribution in [0.25, 0.3) is 0 Å². The highest BCUT2D eigenvalue weighted by Gasteiger charge is 2.24. The smallest absolute Gasteiger partial charge is 0.137 e. The van der Waals surface area contributed by atoms with Crippen molar-refractivity contribution >= 4 is 0 Å². The van der Waals surface area contributed by atoms with Crippen molar-refractivity contribution in [2.45, 2.75) is 25.5 Å². The SMILES string of the molecule is N#Cc1cc(CN)ccc1OC1CC1. The van der Waals surface area contributed by atoms with Crippen molar-refractivity contribution in [3.05, 3.63) is 29.3 Å². The van der Waals surface area contributed by atoms with Gasteiger partial charge in [-0.05, 0) is 30.5 Å². The number of nitriles is 1. The summed E-state index contributed by atoms with van der Waals surface area (Å²) in [6.45, 7) is 0.457. The summed E-state index contributed by atoms with van der Waals surface area (Å²) in [5.41, 5.74) is 7.03. The van der Waals surface area contributed by atoms with Crippen molar-refractivity contribution in [1.82, 2.24) is 0 Å². The third kappa shape index (κ3) is 1.86. The van der Waals surface area contributed by atoms with Crippen LogP contribution >= 0.6 is 0 Å². The van der Waals surface area contributed by atoms with Gasteiger partial charge >= 0.3 is 0 Å². The Morgan fingerprint density at radius 3 is 2.86 bits per heavy atom. The first-order chi connectivity index (χ1) is 6.83. The van der Waals surface area contributed by atoms with Gasteiger partial charge in [0.2, 0.25) is 0 Å². The van der Waals surface area contributed by atoms with Gasteiger partial charge in [-0.2, -0.15) is 5.26 Å². The Labute approximate surface area is 83.1 Å². The molecule has 0 aromatic heterocycles.